The van der Waals surface area contributed by atoms with Crippen LogP contribution in [-0.2, 0) is 12.8 Å². The quantitative estimate of drug-likeness (QED) is 0.322. The third kappa shape index (κ3) is 4.34. The number of aliphatic imine (C=N–C) groups is 1. The van der Waals surface area contributed by atoms with Gasteiger partial charge in [-0.25, -0.2) is 0 Å². The van der Waals surface area contributed by atoms with Gasteiger partial charge in [0.2, 0.25) is 0 Å². The van der Waals surface area contributed by atoms with Crippen LogP contribution in [0.5, 0.6) is 0 Å². The van der Waals surface area contributed by atoms with E-state index in [-0.39, 0.29) is 0 Å². The minimum Gasteiger partial charge on any atom is -0.397 e. The molecule has 0 fully saturated rings. The topological polar surface area (TPSA) is 38.4 Å². The van der Waals surface area contributed by atoms with Crippen LogP contribution in [0.3, 0.4) is 0 Å². The van der Waals surface area contributed by atoms with Crippen LogP contribution < -0.4 is 5.73 Å². The SMILES string of the molecule is C/C=C\C=Nc1c(N)c2c(c3cc(-c4cccc(CC5=CC=CCC5)c4)ccc13)C=CCC2. The normalized spacial score (nSPS) is 15.5. The number of anilines is 1. The minimum absolute atomic E-state index is 0.812. The van der Waals surface area contributed by atoms with Crippen molar-refractivity contribution in [2.45, 2.75) is 39.0 Å². The summed E-state index contributed by atoms with van der Waals surface area (Å²) in [6.45, 7) is 1.99. The molecule has 33 heavy (non-hydrogen) atoms. The molecule has 2 aliphatic carbocycles. The van der Waals surface area contributed by atoms with E-state index in [1.807, 2.05) is 25.3 Å². The molecular weight excluding hydrogens is 400 g/mol. The Labute approximate surface area is 196 Å². The predicted molar refractivity (Wildman–Crippen MR) is 144 cm³/mol. The molecule has 3 aromatic rings. The highest BCUT2D eigenvalue weighted by atomic mass is 14.8. The molecule has 0 heterocycles. The summed E-state index contributed by atoms with van der Waals surface area (Å²) in [5.41, 5.74) is 16.2. The number of fused-ring (bicyclic) bond motifs is 3. The number of nitrogens with zero attached hydrogens (tertiary/aromatic N) is 1. The van der Waals surface area contributed by atoms with Crippen molar-refractivity contribution in [1.29, 1.82) is 0 Å². The second-order valence-electron chi connectivity index (χ2n) is 8.83. The second-order valence-corrected chi connectivity index (χ2v) is 8.83. The zero-order valence-corrected chi connectivity index (χ0v) is 19.2. The maximum atomic E-state index is 6.63. The summed E-state index contributed by atoms with van der Waals surface area (Å²) in [6, 6.07) is 15.7. The summed E-state index contributed by atoms with van der Waals surface area (Å²) in [5, 5.41) is 2.34. The molecule has 0 spiro atoms. The Hall–Kier alpha value is -3.65. The van der Waals surface area contributed by atoms with Crippen LogP contribution in [0.25, 0.3) is 28.0 Å². The van der Waals surface area contributed by atoms with Gasteiger partial charge < -0.3 is 5.73 Å². The van der Waals surface area contributed by atoms with Gasteiger partial charge in [0.05, 0.1) is 11.4 Å². The largest absolute Gasteiger partial charge is 0.397 e. The van der Waals surface area contributed by atoms with Gasteiger partial charge in [-0.05, 0) is 84.4 Å². The van der Waals surface area contributed by atoms with E-state index in [0.717, 1.165) is 48.9 Å². The lowest BCUT2D eigenvalue weighted by Gasteiger charge is -2.19. The highest BCUT2D eigenvalue weighted by molar-refractivity contribution is 6.07. The van der Waals surface area contributed by atoms with E-state index in [1.165, 1.54) is 38.8 Å². The Balaban J connectivity index is 1.61. The maximum Gasteiger partial charge on any atom is 0.0940 e. The van der Waals surface area contributed by atoms with Crippen molar-refractivity contribution >= 4 is 34.4 Å². The standard InChI is InChI=1S/C31H30N2/c1-2-3-18-33-31-28-17-16-25(21-29(28)26-14-7-8-15-27(26)30(31)32)24-13-9-12-23(20-24)19-22-10-5-4-6-11-22/h2-5,7,9-10,12-14,16-18,20-21H,6,8,11,15,19,32H2,1H3/b3-2-,33-18?. The van der Waals surface area contributed by atoms with Crippen LogP contribution in [0.2, 0.25) is 0 Å². The van der Waals surface area contributed by atoms with Crippen LogP contribution >= 0.6 is 0 Å². The van der Waals surface area contributed by atoms with Gasteiger partial charge in [0.15, 0.2) is 0 Å². The van der Waals surface area contributed by atoms with Crippen molar-refractivity contribution in [3.05, 3.63) is 101 Å². The van der Waals surface area contributed by atoms with Crippen molar-refractivity contribution in [3.63, 3.8) is 0 Å². The van der Waals surface area contributed by atoms with E-state index in [1.54, 1.807) is 0 Å². The third-order valence-corrected chi connectivity index (χ3v) is 6.59. The number of rotatable bonds is 5. The van der Waals surface area contributed by atoms with Gasteiger partial charge in [0, 0.05) is 11.6 Å². The number of hydrogen-bond donors (Lipinski definition) is 1. The van der Waals surface area contributed by atoms with E-state index in [0.29, 0.717) is 0 Å². The fourth-order valence-corrected chi connectivity index (χ4v) is 4.90. The average molecular weight is 431 g/mol. The number of hydrogen-bond acceptors (Lipinski definition) is 2. The van der Waals surface area contributed by atoms with Gasteiger partial charge in [-0.15, -0.1) is 0 Å². The Kier molecular flexibility index (Phi) is 6.08. The van der Waals surface area contributed by atoms with E-state index in [2.05, 4.69) is 72.8 Å². The predicted octanol–water partition coefficient (Wildman–Crippen LogP) is 8.15. The number of nitrogens with two attached hydrogens (primary N) is 1. The molecule has 0 bridgehead atoms. The molecule has 0 atom stereocenters. The third-order valence-electron chi connectivity index (χ3n) is 6.59. The molecule has 0 radical (unpaired) electrons. The molecule has 5 rings (SSSR count). The first-order valence-corrected chi connectivity index (χ1v) is 11.9. The number of nitrogen functional groups attached to an aromatic ring is 1. The highest BCUT2D eigenvalue weighted by Gasteiger charge is 2.18. The first-order chi connectivity index (χ1) is 16.2. The lowest BCUT2D eigenvalue weighted by atomic mass is 9.87. The molecule has 0 unspecified atom stereocenters. The van der Waals surface area contributed by atoms with Crippen LogP contribution in [0.15, 0.2) is 89.5 Å². The second kappa shape index (κ2) is 9.46. The van der Waals surface area contributed by atoms with E-state index in [9.17, 15) is 0 Å². The molecule has 0 saturated heterocycles. The van der Waals surface area contributed by atoms with Gasteiger partial charge in [-0.1, -0.05) is 78.4 Å². The summed E-state index contributed by atoms with van der Waals surface area (Å²) < 4.78 is 0. The fourth-order valence-electron chi connectivity index (χ4n) is 4.90. The summed E-state index contributed by atoms with van der Waals surface area (Å²) in [5.74, 6) is 0. The Morgan fingerprint density at radius 2 is 1.85 bits per heavy atom. The zero-order chi connectivity index (χ0) is 22.6. The van der Waals surface area contributed by atoms with Crippen LogP contribution in [-0.4, -0.2) is 6.21 Å². The van der Waals surface area contributed by atoms with Gasteiger partial charge in [-0.2, -0.15) is 0 Å². The van der Waals surface area contributed by atoms with E-state index < -0.39 is 0 Å². The van der Waals surface area contributed by atoms with Gasteiger partial charge in [0.25, 0.3) is 0 Å². The van der Waals surface area contributed by atoms with E-state index in [4.69, 9.17) is 10.7 Å². The number of allylic oxidation sites excluding steroid dienone is 7. The van der Waals surface area contributed by atoms with Gasteiger partial charge >= 0.3 is 0 Å². The maximum absolute atomic E-state index is 6.63. The summed E-state index contributed by atoms with van der Waals surface area (Å²) in [6.07, 6.45) is 22.3. The van der Waals surface area contributed by atoms with Crippen LogP contribution in [0, 0.1) is 0 Å². The molecule has 0 amide bonds. The molecule has 0 aromatic heterocycles. The lowest BCUT2D eigenvalue weighted by molar-refractivity contribution is 0.911. The van der Waals surface area contributed by atoms with Crippen LogP contribution in [0.4, 0.5) is 11.4 Å². The Morgan fingerprint density at radius 1 is 0.970 bits per heavy atom. The van der Waals surface area contributed by atoms with E-state index >= 15 is 0 Å². The summed E-state index contributed by atoms with van der Waals surface area (Å²) in [4.78, 5) is 4.74. The van der Waals surface area contributed by atoms with Gasteiger partial charge in [-0.3, -0.25) is 4.99 Å². The smallest absolute Gasteiger partial charge is 0.0940 e. The molecular formula is C31H30N2. The van der Waals surface area contributed by atoms with Gasteiger partial charge in [0.1, 0.15) is 0 Å². The Morgan fingerprint density at radius 3 is 2.70 bits per heavy atom. The molecule has 2 aliphatic rings. The molecule has 2 N–H and O–H groups in total. The van der Waals surface area contributed by atoms with Crippen molar-refractivity contribution in [2.75, 3.05) is 5.73 Å². The molecule has 0 aliphatic heterocycles. The summed E-state index contributed by atoms with van der Waals surface area (Å²) in [7, 11) is 0. The molecule has 0 saturated carbocycles. The average Bonchev–Trinajstić information content (AvgIpc) is 2.87. The summed E-state index contributed by atoms with van der Waals surface area (Å²) >= 11 is 0. The highest BCUT2D eigenvalue weighted by Crippen LogP contribution is 2.42. The monoisotopic (exact) mass is 430 g/mol. The fraction of sp³-hybridized carbons (Fsp3) is 0.194. The molecule has 3 aromatic carbocycles. The molecule has 164 valence electrons. The first kappa shape index (κ1) is 21.2. The molecule has 2 heteroatoms. The van der Waals surface area contributed by atoms with Crippen molar-refractivity contribution in [3.8, 4) is 11.1 Å². The van der Waals surface area contributed by atoms with Crippen molar-refractivity contribution < 1.29 is 0 Å². The molecule has 2 nitrogen and oxygen atoms in total. The Bertz CT molecular complexity index is 1350. The lowest BCUT2D eigenvalue weighted by Crippen LogP contribution is -2.02. The number of benzene rings is 3. The van der Waals surface area contributed by atoms with Crippen LogP contribution in [0.1, 0.15) is 42.9 Å². The van der Waals surface area contributed by atoms with Crippen molar-refractivity contribution in [2.24, 2.45) is 4.99 Å². The van der Waals surface area contributed by atoms with Crippen molar-refractivity contribution in [1.82, 2.24) is 0 Å². The zero-order valence-electron chi connectivity index (χ0n) is 19.2. The first-order valence-electron chi connectivity index (χ1n) is 11.9. The minimum atomic E-state index is 0.812.